The van der Waals surface area contributed by atoms with Gasteiger partial charge in [-0.1, -0.05) is 0 Å². The van der Waals surface area contributed by atoms with Crippen LogP contribution in [-0.2, 0) is 11.8 Å². The number of fused-ring (bicyclic) bond motifs is 1. The lowest BCUT2D eigenvalue weighted by Crippen LogP contribution is -2.24. The third-order valence-corrected chi connectivity index (χ3v) is 5.98. The number of H-pyrrole nitrogens is 1. The molecule has 2 N–H and O–H groups in total. The second kappa shape index (κ2) is 6.17. The van der Waals surface area contributed by atoms with E-state index in [1.165, 1.54) is 0 Å². The fourth-order valence-corrected chi connectivity index (χ4v) is 4.62. The molecule has 7 nitrogen and oxygen atoms in total. The van der Waals surface area contributed by atoms with E-state index >= 15 is 0 Å². The Morgan fingerprint density at radius 3 is 2.93 bits per heavy atom. The van der Waals surface area contributed by atoms with Crippen molar-refractivity contribution < 1.29 is 4.79 Å². The number of nitrogens with zero attached hydrogens (tertiary/aromatic N) is 4. The Kier molecular flexibility index (Phi) is 3.64. The summed E-state index contributed by atoms with van der Waals surface area (Å²) in [5.74, 6) is 0.718. The Labute approximate surface area is 159 Å². The summed E-state index contributed by atoms with van der Waals surface area (Å²) in [5, 5.41) is 14.7. The van der Waals surface area contributed by atoms with Crippen molar-refractivity contribution in [3.05, 3.63) is 59.4 Å². The average molecular weight is 376 g/mol. The minimum Gasteiger partial charge on any atom is -0.311 e. The number of carbonyl (C=O) groups is 1. The van der Waals surface area contributed by atoms with Gasteiger partial charge in [0.1, 0.15) is 5.82 Å². The van der Waals surface area contributed by atoms with Gasteiger partial charge in [-0.2, -0.15) is 10.2 Å². The van der Waals surface area contributed by atoms with E-state index in [1.807, 2.05) is 25.2 Å². The van der Waals surface area contributed by atoms with Crippen LogP contribution >= 0.6 is 11.3 Å². The molecule has 0 bridgehead atoms. The van der Waals surface area contributed by atoms with Crippen molar-refractivity contribution >= 4 is 23.1 Å². The molecule has 8 heteroatoms. The van der Waals surface area contributed by atoms with Crippen LogP contribution < -0.4 is 5.32 Å². The average Bonchev–Trinajstić information content (AvgIpc) is 3.42. The molecule has 4 aromatic rings. The molecule has 27 heavy (non-hydrogen) atoms. The summed E-state index contributed by atoms with van der Waals surface area (Å²) in [7, 11) is 1.85. The maximum absolute atomic E-state index is 12.4. The number of pyridine rings is 1. The zero-order chi connectivity index (χ0) is 18.4. The Hall–Kier alpha value is -3.26. The van der Waals surface area contributed by atoms with Crippen LogP contribution in [0.15, 0.2) is 48.9 Å². The first-order valence-electron chi connectivity index (χ1n) is 8.57. The fourth-order valence-electron chi connectivity index (χ4n) is 3.53. The second-order valence-corrected chi connectivity index (χ2v) is 7.57. The molecule has 0 spiro atoms. The highest BCUT2D eigenvalue weighted by molar-refractivity contribution is 7.15. The molecule has 1 atom stereocenters. The van der Waals surface area contributed by atoms with E-state index in [0.717, 1.165) is 38.1 Å². The molecule has 134 valence electrons. The van der Waals surface area contributed by atoms with E-state index in [9.17, 15) is 4.79 Å². The topological polar surface area (TPSA) is 88.5 Å². The second-order valence-electron chi connectivity index (χ2n) is 6.45. The summed E-state index contributed by atoms with van der Waals surface area (Å²) < 4.78 is 1.74. The first-order valence-corrected chi connectivity index (χ1v) is 9.39. The van der Waals surface area contributed by atoms with Crippen LogP contribution in [0, 0.1) is 0 Å². The number of aryl methyl sites for hydroxylation is 1. The van der Waals surface area contributed by atoms with E-state index in [-0.39, 0.29) is 11.8 Å². The number of hydrogen-bond donors (Lipinski definition) is 2. The Bertz CT molecular complexity index is 1110. The van der Waals surface area contributed by atoms with Gasteiger partial charge in [0.05, 0.1) is 16.3 Å². The Balaban J connectivity index is 1.65. The molecule has 5 rings (SSSR count). The van der Waals surface area contributed by atoms with Crippen molar-refractivity contribution in [2.75, 3.05) is 5.32 Å². The molecule has 0 saturated carbocycles. The van der Waals surface area contributed by atoms with E-state index < -0.39 is 0 Å². The number of rotatable bonds is 3. The summed E-state index contributed by atoms with van der Waals surface area (Å²) >= 11 is 1.67. The molecule has 0 saturated heterocycles. The molecule has 1 amide bonds. The van der Waals surface area contributed by atoms with Gasteiger partial charge in [0.2, 0.25) is 5.91 Å². The first-order chi connectivity index (χ1) is 13.2. The smallest absolute Gasteiger partial charge is 0.226 e. The van der Waals surface area contributed by atoms with E-state index in [0.29, 0.717) is 6.42 Å². The third-order valence-electron chi connectivity index (χ3n) is 4.75. The van der Waals surface area contributed by atoms with Crippen LogP contribution in [0.1, 0.15) is 22.8 Å². The van der Waals surface area contributed by atoms with Gasteiger partial charge in [-0.05, 0) is 30.3 Å². The summed E-state index contributed by atoms with van der Waals surface area (Å²) in [6.07, 6.45) is 5.69. The highest BCUT2D eigenvalue weighted by atomic mass is 32.1. The van der Waals surface area contributed by atoms with Gasteiger partial charge >= 0.3 is 0 Å². The largest absolute Gasteiger partial charge is 0.311 e. The van der Waals surface area contributed by atoms with E-state index in [1.54, 1.807) is 34.6 Å². The highest BCUT2D eigenvalue weighted by Crippen LogP contribution is 2.45. The minimum absolute atomic E-state index is 0.00438. The number of amides is 1. The molecular weight excluding hydrogens is 360 g/mol. The SMILES string of the molecule is Cn1nc(-c2cccnc2)c2c1NC(=O)C[C@@H]2c1ccc(-c2ccn[nH]2)s1. The monoisotopic (exact) mass is 376 g/mol. The van der Waals surface area contributed by atoms with Gasteiger partial charge < -0.3 is 5.32 Å². The number of aromatic nitrogens is 5. The number of nitrogens with one attached hydrogen (secondary N) is 2. The van der Waals surface area contributed by atoms with Gasteiger partial charge in [0.25, 0.3) is 0 Å². The number of aromatic amines is 1. The highest BCUT2D eigenvalue weighted by Gasteiger charge is 2.34. The van der Waals surface area contributed by atoms with Crippen molar-refractivity contribution in [2.45, 2.75) is 12.3 Å². The summed E-state index contributed by atoms with van der Waals surface area (Å²) in [6, 6.07) is 10.00. The molecule has 0 aliphatic carbocycles. The number of thiophene rings is 1. The molecule has 4 aromatic heterocycles. The zero-order valence-electron chi connectivity index (χ0n) is 14.5. The molecule has 0 radical (unpaired) electrons. The van der Waals surface area contributed by atoms with Crippen LogP contribution in [0.3, 0.4) is 0 Å². The van der Waals surface area contributed by atoms with Crippen LogP contribution in [0.5, 0.6) is 0 Å². The Morgan fingerprint density at radius 2 is 2.15 bits per heavy atom. The molecule has 1 aliphatic heterocycles. The maximum atomic E-state index is 12.4. The maximum Gasteiger partial charge on any atom is 0.226 e. The fraction of sp³-hybridized carbons (Fsp3) is 0.158. The number of hydrogen-bond acceptors (Lipinski definition) is 5. The predicted octanol–water partition coefficient (Wildman–Crippen LogP) is 3.41. The Morgan fingerprint density at radius 1 is 1.22 bits per heavy atom. The van der Waals surface area contributed by atoms with Gasteiger partial charge in [-0.15, -0.1) is 11.3 Å². The van der Waals surface area contributed by atoms with Crippen LogP contribution in [0.2, 0.25) is 0 Å². The van der Waals surface area contributed by atoms with Crippen molar-refractivity contribution in [3.63, 3.8) is 0 Å². The summed E-state index contributed by atoms with van der Waals surface area (Å²) in [6.45, 7) is 0. The van der Waals surface area contributed by atoms with E-state index in [2.05, 4.69) is 37.7 Å². The lowest BCUT2D eigenvalue weighted by Gasteiger charge is -2.23. The van der Waals surface area contributed by atoms with Crippen LogP contribution in [-0.4, -0.2) is 30.9 Å². The third kappa shape index (κ3) is 2.65. The van der Waals surface area contributed by atoms with Crippen LogP contribution in [0.4, 0.5) is 5.82 Å². The minimum atomic E-state index is -0.0423. The van der Waals surface area contributed by atoms with Crippen molar-refractivity contribution in [3.8, 4) is 21.8 Å². The first kappa shape index (κ1) is 16.0. The van der Waals surface area contributed by atoms with Crippen LogP contribution in [0.25, 0.3) is 21.8 Å². The number of anilines is 1. The summed E-state index contributed by atoms with van der Waals surface area (Å²) in [5.41, 5.74) is 3.83. The molecule has 0 aromatic carbocycles. The summed E-state index contributed by atoms with van der Waals surface area (Å²) in [4.78, 5) is 18.8. The zero-order valence-corrected chi connectivity index (χ0v) is 15.3. The lowest BCUT2D eigenvalue weighted by molar-refractivity contribution is -0.116. The van der Waals surface area contributed by atoms with Gasteiger partial charge in [0, 0.05) is 54.0 Å². The van der Waals surface area contributed by atoms with Crippen molar-refractivity contribution in [1.29, 1.82) is 0 Å². The van der Waals surface area contributed by atoms with Gasteiger partial charge in [0.15, 0.2) is 0 Å². The standard InChI is InChI=1S/C19H16N6OS/c1-25-19-17(18(24-25)11-3-2-7-20-10-11)12(9-16(26)22-19)14-4-5-15(27-14)13-6-8-21-23-13/h2-8,10,12H,9H2,1H3,(H,21,23)(H,22,26)/t12-/m1/s1. The van der Waals surface area contributed by atoms with E-state index in [4.69, 9.17) is 0 Å². The normalized spacial score (nSPS) is 16.2. The molecule has 5 heterocycles. The predicted molar refractivity (Wildman–Crippen MR) is 103 cm³/mol. The molecule has 1 aliphatic rings. The molecule has 0 fully saturated rings. The molecule has 0 unspecified atom stereocenters. The van der Waals surface area contributed by atoms with Crippen molar-refractivity contribution in [1.82, 2.24) is 25.0 Å². The number of carbonyl (C=O) groups excluding carboxylic acids is 1. The van der Waals surface area contributed by atoms with Gasteiger partial charge in [-0.25, -0.2) is 0 Å². The van der Waals surface area contributed by atoms with Crippen molar-refractivity contribution in [2.24, 2.45) is 7.05 Å². The quantitative estimate of drug-likeness (QED) is 0.573. The van der Waals surface area contributed by atoms with Gasteiger partial charge in [-0.3, -0.25) is 19.6 Å². The molecular formula is C19H16N6OS. The lowest BCUT2D eigenvalue weighted by atomic mass is 9.89.